The molecule has 0 aromatic heterocycles. The summed E-state index contributed by atoms with van der Waals surface area (Å²) < 4.78 is 44.8. The first-order valence-corrected chi connectivity index (χ1v) is 7.15. The van der Waals surface area contributed by atoms with E-state index in [0.717, 1.165) is 25.0 Å². The van der Waals surface area contributed by atoms with E-state index in [2.05, 4.69) is 5.32 Å². The minimum Gasteiger partial charge on any atom is -0.381 e. The molecule has 0 spiro atoms. The number of hydrogen-bond acceptors (Lipinski definition) is 3. The highest BCUT2D eigenvalue weighted by Crippen LogP contribution is 2.21. The highest BCUT2D eigenvalue weighted by atomic mass is 19.2. The van der Waals surface area contributed by atoms with Crippen molar-refractivity contribution in [1.82, 2.24) is 4.90 Å². The summed E-state index contributed by atoms with van der Waals surface area (Å²) in [6, 6.07) is 1.29. The summed E-state index contributed by atoms with van der Waals surface area (Å²) in [6.07, 6.45) is 1.82. The number of piperidine rings is 1. The van der Waals surface area contributed by atoms with Gasteiger partial charge in [-0.1, -0.05) is 0 Å². The smallest absolute Gasteiger partial charge is 0.241 e. The minimum atomic E-state index is -1.59. The van der Waals surface area contributed by atoms with Crippen molar-refractivity contribution >= 4 is 11.6 Å². The van der Waals surface area contributed by atoms with Crippen LogP contribution < -0.4 is 5.32 Å². The van der Waals surface area contributed by atoms with Crippen LogP contribution in [0.3, 0.4) is 0 Å². The van der Waals surface area contributed by atoms with Crippen LogP contribution >= 0.6 is 0 Å². The number of nitrogens with zero attached hydrogens (tertiary/aromatic N) is 1. The molecule has 1 N–H and O–H groups in total. The molecule has 1 unspecified atom stereocenters. The van der Waals surface area contributed by atoms with Gasteiger partial charge in [-0.05, 0) is 31.9 Å². The topological polar surface area (TPSA) is 41.6 Å². The van der Waals surface area contributed by atoms with Crippen molar-refractivity contribution in [2.75, 3.05) is 25.5 Å². The Morgan fingerprint density at radius 2 is 1.91 bits per heavy atom. The third-order valence-electron chi connectivity index (χ3n) is 4.03. The summed E-state index contributed by atoms with van der Waals surface area (Å²) >= 11 is 0. The first kappa shape index (κ1) is 16.8. The molecule has 2 rings (SSSR count). The molecular weight excluding hydrogens is 297 g/mol. The Morgan fingerprint density at radius 1 is 1.27 bits per heavy atom. The van der Waals surface area contributed by atoms with Crippen LogP contribution in [0.15, 0.2) is 12.1 Å². The van der Waals surface area contributed by atoms with Gasteiger partial charge in [0.2, 0.25) is 5.91 Å². The van der Waals surface area contributed by atoms with E-state index in [1.54, 1.807) is 14.0 Å². The number of nitrogens with one attached hydrogen (secondary N) is 1. The van der Waals surface area contributed by atoms with Crippen LogP contribution in [0.5, 0.6) is 0 Å². The van der Waals surface area contributed by atoms with E-state index in [4.69, 9.17) is 4.74 Å². The molecule has 22 heavy (non-hydrogen) atoms. The van der Waals surface area contributed by atoms with Crippen molar-refractivity contribution in [2.24, 2.45) is 0 Å². The predicted octanol–water partition coefficient (Wildman–Crippen LogP) is 2.54. The Kier molecular flexibility index (Phi) is 5.42. The third-order valence-corrected chi connectivity index (χ3v) is 4.03. The van der Waals surface area contributed by atoms with Gasteiger partial charge in [-0.2, -0.15) is 0 Å². The number of ether oxygens (including phenoxy) is 1. The number of methoxy groups -OCH3 is 1. The molecule has 1 atom stereocenters. The monoisotopic (exact) mass is 316 g/mol. The van der Waals surface area contributed by atoms with Gasteiger partial charge in [0.15, 0.2) is 17.5 Å². The molecule has 0 bridgehead atoms. The average molecular weight is 316 g/mol. The Morgan fingerprint density at radius 3 is 2.50 bits per heavy atom. The molecule has 0 radical (unpaired) electrons. The van der Waals surface area contributed by atoms with Crippen molar-refractivity contribution in [2.45, 2.75) is 31.9 Å². The number of likely N-dealkylation sites (tertiary alicyclic amines) is 1. The first-order valence-electron chi connectivity index (χ1n) is 7.15. The molecule has 1 aromatic rings. The maximum Gasteiger partial charge on any atom is 0.241 e. The molecule has 4 nitrogen and oxygen atoms in total. The third kappa shape index (κ3) is 3.59. The fraction of sp³-hybridized carbons (Fsp3) is 0.533. The summed E-state index contributed by atoms with van der Waals surface area (Å²) in [4.78, 5) is 14.1. The number of rotatable bonds is 4. The number of anilines is 1. The van der Waals surface area contributed by atoms with Gasteiger partial charge >= 0.3 is 0 Å². The zero-order chi connectivity index (χ0) is 16.3. The fourth-order valence-electron chi connectivity index (χ4n) is 2.52. The van der Waals surface area contributed by atoms with Gasteiger partial charge < -0.3 is 10.1 Å². The van der Waals surface area contributed by atoms with Crippen molar-refractivity contribution in [3.63, 3.8) is 0 Å². The van der Waals surface area contributed by atoms with Crippen LogP contribution in [0, 0.1) is 17.5 Å². The van der Waals surface area contributed by atoms with Gasteiger partial charge in [0, 0.05) is 20.2 Å². The minimum absolute atomic E-state index is 0.190. The summed E-state index contributed by atoms with van der Waals surface area (Å²) in [5.41, 5.74) is -0.359. The lowest BCUT2D eigenvalue weighted by Crippen LogP contribution is -2.47. The van der Waals surface area contributed by atoms with Crippen LogP contribution in [-0.4, -0.2) is 43.2 Å². The summed E-state index contributed by atoms with van der Waals surface area (Å²) in [6.45, 7) is 3.07. The van der Waals surface area contributed by atoms with Crippen LogP contribution in [-0.2, 0) is 9.53 Å². The lowest BCUT2D eigenvalue weighted by atomic mass is 10.1. The van der Waals surface area contributed by atoms with E-state index < -0.39 is 29.4 Å². The van der Waals surface area contributed by atoms with Gasteiger partial charge in [0.05, 0.1) is 17.8 Å². The quantitative estimate of drug-likeness (QED) is 0.868. The van der Waals surface area contributed by atoms with Crippen molar-refractivity contribution < 1.29 is 22.7 Å². The van der Waals surface area contributed by atoms with E-state index in [-0.39, 0.29) is 11.8 Å². The van der Waals surface area contributed by atoms with Crippen LogP contribution in [0.2, 0.25) is 0 Å². The van der Waals surface area contributed by atoms with E-state index in [1.807, 2.05) is 4.90 Å². The lowest BCUT2D eigenvalue weighted by Gasteiger charge is -2.34. The molecule has 122 valence electrons. The van der Waals surface area contributed by atoms with Crippen LogP contribution in [0.4, 0.5) is 18.9 Å². The van der Waals surface area contributed by atoms with Gasteiger partial charge in [0.1, 0.15) is 0 Å². The molecule has 7 heteroatoms. The second-order valence-electron chi connectivity index (χ2n) is 5.36. The van der Waals surface area contributed by atoms with E-state index in [0.29, 0.717) is 13.1 Å². The largest absolute Gasteiger partial charge is 0.381 e. The van der Waals surface area contributed by atoms with E-state index in [1.165, 1.54) is 0 Å². The molecule has 1 aliphatic heterocycles. The summed E-state index contributed by atoms with van der Waals surface area (Å²) in [5.74, 6) is -4.73. The number of benzene rings is 1. The zero-order valence-electron chi connectivity index (χ0n) is 12.5. The highest BCUT2D eigenvalue weighted by Gasteiger charge is 2.27. The molecule has 1 fully saturated rings. The Labute approximate surface area is 127 Å². The summed E-state index contributed by atoms with van der Waals surface area (Å²) in [5, 5.41) is 2.31. The molecule has 1 aromatic carbocycles. The van der Waals surface area contributed by atoms with Crippen molar-refractivity contribution in [1.29, 1.82) is 0 Å². The second-order valence-corrected chi connectivity index (χ2v) is 5.36. The Hall–Kier alpha value is -1.60. The normalized spacial score (nSPS) is 18.2. The Bertz CT molecular complexity index is 546. The zero-order valence-corrected chi connectivity index (χ0v) is 12.5. The predicted molar refractivity (Wildman–Crippen MR) is 76.0 cm³/mol. The van der Waals surface area contributed by atoms with Crippen molar-refractivity contribution in [3.8, 4) is 0 Å². The SMILES string of the molecule is COC1CCN(C(C)C(=O)Nc2ccc(F)c(F)c2F)CC1. The van der Waals surface area contributed by atoms with Crippen molar-refractivity contribution in [3.05, 3.63) is 29.6 Å². The molecule has 0 aliphatic carbocycles. The molecular formula is C15H19F3N2O2. The van der Waals surface area contributed by atoms with Gasteiger partial charge in [-0.25, -0.2) is 13.2 Å². The van der Waals surface area contributed by atoms with E-state index in [9.17, 15) is 18.0 Å². The number of carbonyl (C=O) groups excluding carboxylic acids is 1. The van der Waals surface area contributed by atoms with E-state index >= 15 is 0 Å². The number of amides is 1. The molecule has 1 amide bonds. The average Bonchev–Trinajstić information content (AvgIpc) is 2.54. The first-order chi connectivity index (χ1) is 10.4. The van der Waals surface area contributed by atoms with Gasteiger partial charge in [-0.3, -0.25) is 9.69 Å². The van der Waals surface area contributed by atoms with Gasteiger partial charge in [-0.15, -0.1) is 0 Å². The number of carbonyl (C=O) groups is 1. The highest BCUT2D eigenvalue weighted by molar-refractivity contribution is 5.94. The molecule has 0 saturated carbocycles. The Balaban J connectivity index is 1.99. The fourth-order valence-corrected chi connectivity index (χ4v) is 2.52. The maximum absolute atomic E-state index is 13.6. The van der Waals surface area contributed by atoms with Crippen LogP contribution in [0.1, 0.15) is 19.8 Å². The second kappa shape index (κ2) is 7.11. The molecule has 1 saturated heterocycles. The molecule has 1 heterocycles. The number of hydrogen-bond donors (Lipinski definition) is 1. The summed E-state index contributed by atoms with van der Waals surface area (Å²) in [7, 11) is 1.66. The van der Waals surface area contributed by atoms with Crippen LogP contribution in [0.25, 0.3) is 0 Å². The standard InChI is InChI=1S/C15H19F3N2O2/c1-9(20-7-5-10(22-2)6-8-20)15(21)19-12-4-3-11(16)13(17)14(12)18/h3-4,9-10H,5-8H2,1-2H3,(H,19,21). The van der Waals surface area contributed by atoms with Gasteiger partial charge in [0.25, 0.3) is 0 Å². The molecule has 1 aliphatic rings. The maximum atomic E-state index is 13.6. The lowest BCUT2D eigenvalue weighted by molar-refractivity contribution is -0.121. The number of halogens is 3.